The molecule has 0 heterocycles. The molecule has 0 fully saturated rings. The summed E-state index contributed by atoms with van der Waals surface area (Å²) in [5.74, 6) is 2.01. The van der Waals surface area contributed by atoms with Gasteiger partial charge in [0.15, 0.2) is 11.5 Å². The van der Waals surface area contributed by atoms with Crippen LogP contribution in [0.3, 0.4) is 0 Å². The molecule has 0 spiro atoms. The number of thioether (sulfide) groups is 1. The molecule has 1 N–H and O–H groups in total. The van der Waals surface area contributed by atoms with E-state index in [1.54, 1.807) is 21.3 Å². The van der Waals surface area contributed by atoms with Crippen LogP contribution in [0.4, 0.5) is 0 Å². The van der Waals surface area contributed by atoms with Crippen molar-refractivity contribution in [3.63, 3.8) is 0 Å². The van der Waals surface area contributed by atoms with Crippen molar-refractivity contribution < 1.29 is 19.0 Å². The molecule has 0 radical (unpaired) electrons. The van der Waals surface area contributed by atoms with Crippen molar-refractivity contribution >= 4 is 17.7 Å². The lowest BCUT2D eigenvalue weighted by atomic mass is 10.2. The van der Waals surface area contributed by atoms with Crippen LogP contribution in [-0.4, -0.2) is 33.0 Å². The standard InChI is InChI=1S/C18H21NO4S/c1-21-15-9-13(10-16(22-2)18(15)23-3)11-19-17(20)12-24-14-7-5-4-6-8-14/h4-10H,11-12H2,1-3H3,(H,19,20). The van der Waals surface area contributed by atoms with Gasteiger partial charge in [0.2, 0.25) is 11.7 Å². The smallest absolute Gasteiger partial charge is 0.230 e. The maximum absolute atomic E-state index is 12.0. The maximum atomic E-state index is 12.0. The molecule has 5 nitrogen and oxygen atoms in total. The molecule has 6 heteroatoms. The van der Waals surface area contributed by atoms with Crippen molar-refractivity contribution in [3.05, 3.63) is 48.0 Å². The Morgan fingerprint density at radius 1 is 1.00 bits per heavy atom. The fourth-order valence-corrected chi connectivity index (χ4v) is 2.90. The van der Waals surface area contributed by atoms with Crippen molar-refractivity contribution in [2.24, 2.45) is 0 Å². The fourth-order valence-electron chi connectivity index (χ4n) is 2.15. The van der Waals surface area contributed by atoms with Gasteiger partial charge in [0, 0.05) is 11.4 Å². The Labute approximate surface area is 146 Å². The summed E-state index contributed by atoms with van der Waals surface area (Å²) in [5, 5.41) is 2.90. The van der Waals surface area contributed by atoms with E-state index in [1.165, 1.54) is 11.8 Å². The van der Waals surface area contributed by atoms with E-state index < -0.39 is 0 Å². The normalized spacial score (nSPS) is 10.1. The number of carbonyl (C=O) groups is 1. The molecule has 2 rings (SSSR count). The minimum absolute atomic E-state index is 0.0300. The average Bonchev–Trinajstić information content (AvgIpc) is 2.64. The van der Waals surface area contributed by atoms with Crippen LogP contribution in [0, 0.1) is 0 Å². The Balaban J connectivity index is 1.94. The van der Waals surface area contributed by atoms with Crippen molar-refractivity contribution in [3.8, 4) is 17.2 Å². The number of methoxy groups -OCH3 is 3. The third kappa shape index (κ3) is 4.83. The van der Waals surface area contributed by atoms with Crippen LogP contribution in [0.15, 0.2) is 47.4 Å². The van der Waals surface area contributed by atoms with Gasteiger partial charge >= 0.3 is 0 Å². The summed E-state index contributed by atoms with van der Waals surface area (Å²) in [6.45, 7) is 0.394. The number of carbonyl (C=O) groups excluding carboxylic acids is 1. The lowest BCUT2D eigenvalue weighted by Gasteiger charge is -2.14. The zero-order valence-corrected chi connectivity index (χ0v) is 14.8. The van der Waals surface area contributed by atoms with Gasteiger partial charge in [-0.05, 0) is 29.8 Å². The third-order valence-electron chi connectivity index (χ3n) is 3.33. The Bertz CT molecular complexity index is 651. The van der Waals surface area contributed by atoms with Crippen LogP contribution in [-0.2, 0) is 11.3 Å². The van der Waals surface area contributed by atoms with Gasteiger partial charge in [-0.15, -0.1) is 11.8 Å². The molecule has 0 aliphatic carbocycles. The second-order valence-electron chi connectivity index (χ2n) is 4.91. The number of hydrogen-bond acceptors (Lipinski definition) is 5. The maximum Gasteiger partial charge on any atom is 0.230 e. The van der Waals surface area contributed by atoms with Gasteiger partial charge in [0.1, 0.15) is 0 Å². The lowest BCUT2D eigenvalue weighted by Crippen LogP contribution is -2.24. The van der Waals surface area contributed by atoms with Gasteiger partial charge in [-0.2, -0.15) is 0 Å². The van der Waals surface area contributed by atoms with Crippen LogP contribution in [0.5, 0.6) is 17.2 Å². The summed E-state index contributed by atoms with van der Waals surface area (Å²) in [7, 11) is 4.69. The van der Waals surface area contributed by atoms with E-state index in [4.69, 9.17) is 14.2 Å². The first-order valence-electron chi connectivity index (χ1n) is 7.41. The Morgan fingerprint density at radius 3 is 2.17 bits per heavy atom. The molecule has 2 aromatic rings. The van der Waals surface area contributed by atoms with Crippen LogP contribution in [0.1, 0.15) is 5.56 Å². The summed E-state index contributed by atoms with van der Waals surface area (Å²) >= 11 is 1.50. The topological polar surface area (TPSA) is 56.8 Å². The molecule has 0 saturated heterocycles. The summed E-state index contributed by atoms with van der Waals surface area (Å²) in [6.07, 6.45) is 0. The zero-order valence-electron chi connectivity index (χ0n) is 14.0. The molecule has 1 amide bonds. The van der Waals surface area contributed by atoms with Gasteiger partial charge in [0.05, 0.1) is 27.1 Å². The second-order valence-corrected chi connectivity index (χ2v) is 5.96. The highest BCUT2D eigenvalue weighted by Crippen LogP contribution is 2.38. The number of nitrogens with one attached hydrogen (secondary N) is 1. The molecule has 0 aliphatic rings. The van der Waals surface area contributed by atoms with E-state index in [0.29, 0.717) is 29.5 Å². The highest BCUT2D eigenvalue weighted by molar-refractivity contribution is 8.00. The predicted octanol–water partition coefficient (Wildman–Crippen LogP) is 3.12. The molecule has 0 unspecified atom stereocenters. The molecule has 0 aliphatic heterocycles. The van der Waals surface area contributed by atoms with E-state index in [9.17, 15) is 4.79 Å². The Hall–Kier alpha value is -2.34. The number of amides is 1. The van der Waals surface area contributed by atoms with Gasteiger partial charge in [-0.1, -0.05) is 18.2 Å². The quantitative estimate of drug-likeness (QED) is 0.744. The van der Waals surface area contributed by atoms with Crippen LogP contribution in [0.25, 0.3) is 0 Å². The molecular formula is C18H21NO4S. The average molecular weight is 347 g/mol. The number of hydrogen-bond donors (Lipinski definition) is 1. The first kappa shape index (κ1) is 18.0. The molecule has 0 atom stereocenters. The molecule has 128 valence electrons. The lowest BCUT2D eigenvalue weighted by molar-refractivity contribution is -0.118. The summed E-state index contributed by atoms with van der Waals surface area (Å²) in [4.78, 5) is 13.1. The molecule has 0 bridgehead atoms. The fraction of sp³-hybridized carbons (Fsp3) is 0.278. The molecular weight excluding hydrogens is 326 g/mol. The first-order chi connectivity index (χ1) is 11.7. The van der Waals surface area contributed by atoms with E-state index in [2.05, 4.69) is 5.32 Å². The van der Waals surface area contributed by atoms with E-state index >= 15 is 0 Å². The minimum Gasteiger partial charge on any atom is -0.493 e. The van der Waals surface area contributed by atoms with Gasteiger partial charge in [0.25, 0.3) is 0 Å². The van der Waals surface area contributed by atoms with Gasteiger partial charge < -0.3 is 19.5 Å². The highest BCUT2D eigenvalue weighted by atomic mass is 32.2. The Morgan fingerprint density at radius 2 is 1.62 bits per heavy atom. The van der Waals surface area contributed by atoms with E-state index in [-0.39, 0.29) is 5.91 Å². The van der Waals surface area contributed by atoms with Crippen molar-refractivity contribution in [2.75, 3.05) is 27.1 Å². The first-order valence-corrected chi connectivity index (χ1v) is 8.40. The minimum atomic E-state index is -0.0300. The molecule has 2 aromatic carbocycles. The van der Waals surface area contributed by atoms with Crippen molar-refractivity contribution in [1.82, 2.24) is 5.32 Å². The van der Waals surface area contributed by atoms with Crippen LogP contribution >= 0.6 is 11.8 Å². The summed E-state index contributed by atoms with van der Waals surface area (Å²) in [5.41, 5.74) is 0.877. The molecule has 0 saturated carbocycles. The van der Waals surface area contributed by atoms with Gasteiger partial charge in [-0.3, -0.25) is 4.79 Å². The second kappa shape index (κ2) is 9.08. The largest absolute Gasteiger partial charge is 0.493 e. The van der Waals surface area contributed by atoms with Crippen LogP contribution in [0.2, 0.25) is 0 Å². The third-order valence-corrected chi connectivity index (χ3v) is 4.34. The van der Waals surface area contributed by atoms with Crippen molar-refractivity contribution in [2.45, 2.75) is 11.4 Å². The Kier molecular flexibility index (Phi) is 6.81. The van der Waals surface area contributed by atoms with Gasteiger partial charge in [-0.25, -0.2) is 0 Å². The number of benzene rings is 2. The zero-order chi connectivity index (χ0) is 17.4. The van der Waals surface area contributed by atoms with Crippen molar-refractivity contribution in [1.29, 1.82) is 0 Å². The van der Waals surface area contributed by atoms with E-state index in [1.807, 2.05) is 42.5 Å². The predicted molar refractivity (Wildman–Crippen MR) is 95.1 cm³/mol. The monoisotopic (exact) mass is 347 g/mol. The number of ether oxygens (including phenoxy) is 3. The van der Waals surface area contributed by atoms with Crippen LogP contribution < -0.4 is 19.5 Å². The highest BCUT2D eigenvalue weighted by Gasteiger charge is 2.13. The molecule has 24 heavy (non-hydrogen) atoms. The molecule has 0 aromatic heterocycles. The van der Waals surface area contributed by atoms with E-state index in [0.717, 1.165) is 10.5 Å². The number of rotatable bonds is 8. The summed E-state index contributed by atoms with van der Waals surface area (Å²) < 4.78 is 15.9. The summed E-state index contributed by atoms with van der Waals surface area (Å²) in [6, 6.07) is 13.5. The SMILES string of the molecule is COc1cc(CNC(=O)CSc2ccccc2)cc(OC)c1OC.